The Labute approximate surface area is 460 Å². The van der Waals surface area contributed by atoms with Crippen LogP contribution in [0.15, 0.2) is 91.0 Å². The SMILES string of the molecule is Cc1c(OC2CCC(CCC(C)(C)N3CCN(c4ccc5c(C6CCC(=O)NC6=O)nn(C)c5c4)CC3)CC2)cccc1-c1ccc(N2CCc3cccc(C(=O)Nc4nc5ccccc5s4)c3C2)nc1C(=O)OC(C)(C)C. The molecule has 3 amide bonds. The van der Waals surface area contributed by atoms with Crippen LogP contribution in [0.1, 0.15) is 135 Å². The lowest BCUT2D eigenvalue weighted by Crippen LogP contribution is -2.54. The van der Waals surface area contributed by atoms with Crippen molar-refractivity contribution in [2.24, 2.45) is 13.0 Å². The van der Waals surface area contributed by atoms with E-state index in [1.54, 1.807) is 0 Å². The van der Waals surface area contributed by atoms with Crippen LogP contribution in [0.5, 0.6) is 5.75 Å². The second-order valence-corrected chi connectivity index (χ2v) is 24.4. The zero-order chi connectivity index (χ0) is 54.5. The molecule has 2 saturated heterocycles. The predicted octanol–water partition coefficient (Wildman–Crippen LogP) is 11.2. The first-order valence-electron chi connectivity index (χ1n) is 27.8. The van der Waals surface area contributed by atoms with Crippen molar-refractivity contribution in [1.82, 2.24) is 30.0 Å². The maximum absolute atomic E-state index is 14.2. The number of anilines is 3. The highest BCUT2D eigenvalue weighted by atomic mass is 32.1. The van der Waals surface area contributed by atoms with Gasteiger partial charge < -0.3 is 19.3 Å². The number of ether oxygens (including phenoxy) is 2. The zero-order valence-corrected chi connectivity index (χ0v) is 46.8. The van der Waals surface area contributed by atoms with Crippen molar-refractivity contribution >= 4 is 72.8 Å². The van der Waals surface area contributed by atoms with Gasteiger partial charge in [0.05, 0.1) is 33.4 Å². The molecule has 11 rings (SSSR count). The Morgan fingerprint density at radius 3 is 2.36 bits per heavy atom. The number of hydrogen-bond donors (Lipinski definition) is 2. The van der Waals surface area contributed by atoms with Crippen molar-refractivity contribution in [1.29, 1.82) is 0 Å². The van der Waals surface area contributed by atoms with E-state index in [2.05, 4.69) is 75.4 Å². The maximum atomic E-state index is 14.2. The molecule has 406 valence electrons. The van der Waals surface area contributed by atoms with Crippen LogP contribution in [0.2, 0.25) is 0 Å². The number of fused-ring (bicyclic) bond motifs is 3. The van der Waals surface area contributed by atoms with Gasteiger partial charge in [-0.25, -0.2) is 14.8 Å². The molecule has 1 unspecified atom stereocenters. The smallest absolute Gasteiger partial charge is 0.358 e. The zero-order valence-electron chi connectivity index (χ0n) is 46.0. The monoisotopic (exact) mass is 1070 g/mol. The van der Waals surface area contributed by atoms with Gasteiger partial charge in [-0.1, -0.05) is 47.7 Å². The molecule has 3 fully saturated rings. The summed E-state index contributed by atoms with van der Waals surface area (Å²) in [5.74, 6) is 0.513. The number of para-hydroxylation sites is 1. The minimum atomic E-state index is -0.736. The molecular formula is C62H71N9O6S. The summed E-state index contributed by atoms with van der Waals surface area (Å²) in [7, 11) is 1.93. The van der Waals surface area contributed by atoms with Gasteiger partial charge in [-0.05, 0) is 176 Å². The van der Waals surface area contributed by atoms with Gasteiger partial charge in [0.1, 0.15) is 17.2 Å². The summed E-state index contributed by atoms with van der Waals surface area (Å²) in [6, 6.07) is 30.2. The summed E-state index contributed by atoms with van der Waals surface area (Å²) >= 11 is 1.45. The van der Waals surface area contributed by atoms with Gasteiger partial charge in [0, 0.05) is 80.5 Å². The number of rotatable bonds is 13. The van der Waals surface area contributed by atoms with Crippen LogP contribution >= 0.6 is 11.3 Å². The number of nitrogens with one attached hydrogen (secondary N) is 2. The summed E-state index contributed by atoms with van der Waals surface area (Å²) in [5, 5.41) is 11.8. The first-order valence-corrected chi connectivity index (χ1v) is 28.6. The molecule has 3 aliphatic heterocycles. The molecule has 2 N–H and O–H groups in total. The molecule has 78 heavy (non-hydrogen) atoms. The maximum Gasteiger partial charge on any atom is 0.358 e. The molecule has 7 aromatic rings. The van der Waals surface area contributed by atoms with Gasteiger partial charge in [0.15, 0.2) is 10.8 Å². The first kappa shape index (κ1) is 52.9. The van der Waals surface area contributed by atoms with Crippen molar-refractivity contribution in [3.8, 4) is 16.9 Å². The lowest BCUT2D eigenvalue weighted by molar-refractivity contribution is -0.134. The summed E-state index contributed by atoms with van der Waals surface area (Å²) in [5.41, 5.74) is 8.48. The van der Waals surface area contributed by atoms with E-state index in [1.165, 1.54) is 17.8 Å². The number of pyridine rings is 1. The molecule has 3 aromatic heterocycles. The second-order valence-electron chi connectivity index (χ2n) is 23.4. The Bertz CT molecular complexity index is 3400. The van der Waals surface area contributed by atoms with Crippen molar-refractivity contribution in [3.05, 3.63) is 125 Å². The van der Waals surface area contributed by atoms with E-state index in [-0.39, 0.29) is 35.1 Å². The fourth-order valence-corrected chi connectivity index (χ4v) is 13.0. The molecule has 1 atom stereocenters. The molecule has 15 nitrogen and oxygen atoms in total. The number of thiazole rings is 1. The number of imide groups is 1. The van der Waals surface area contributed by atoms with Gasteiger partial charge in [0.25, 0.3) is 5.91 Å². The molecule has 0 radical (unpaired) electrons. The van der Waals surface area contributed by atoms with Crippen molar-refractivity contribution < 1.29 is 28.7 Å². The minimum Gasteiger partial charge on any atom is -0.490 e. The number of aromatic nitrogens is 4. The van der Waals surface area contributed by atoms with Gasteiger partial charge in [-0.3, -0.25) is 34.6 Å². The average Bonchev–Trinajstić information content (AvgIpc) is 4.13. The molecule has 0 spiro atoms. The van der Waals surface area contributed by atoms with Crippen LogP contribution < -0.4 is 25.2 Å². The molecule has 4 aliphatic rings. The van der Waals surface area contributed by atoms with Gasteiger partial charge in [-0.15, -0.1) is 0 Å². The number of piperidine rings is 1. The summed E-state index contributed by atoms with van der Waals surface area (Å²) < 4.78 is 15.7. The normalized spacial score (nSPS) is 19.4. The number of nitrogens with zero attached hydrogens (tertiary/aromatic N) is 7. The topological polar surface area (TPSA) is 164 Å². The Kier molecular flexibility index (Phi) is 14.6. The number of carbonyl (C=O) groups excluding carboxylic acids is 4. The number of carbonyl (C=O) groups is 4. The van der Waals surface area contributed by atoms with E-state index in [0.29, 0.717) is 60.3 Å². The van der Waals surface area contributed by atoms with Crippen LogP contribution in [-0.4, -0.2) is 98.3 Å². The standard InChI is InChI=1S/C62H71N9O6S/c1-38-43(44-24-26-53(64-56(44)59(75)77-61(2,3)4)70-31-29-40-12-10-14-45(48(40)37-70)57(73)66-60-63-49-15-8-9-17-52(49)78-60)13-11-16-51(38)76-42-21-18-39(19-22-42)28-30-62(5,6)71-34-32-69(33-35-71)41-20-23-46-50(36-41)68(7)67-55(46)47-25-27-54(72)65-58(47)74/h8-17,20,23-24,26,36,39,42,47H,18-19,21-22,25,27-35,37H2,1-7H3,(H,63,66,73)(H,65,72,74). The molecule has 16 heteroatoms. The largest absolute Gasteiger partial charge is 0.490 e. The van der Waals surface area contributed by atoms with Crippen molar-refractivity contribution in [2.45, 2.75) is 129 Å². The highest BCUT2D eigenvalue weighted by Gasteiger charge is 2.35. The molecular weight excluding hydrogens is 999 g/mol. The Balaban J connectivity index is 0.707. The molecule has 4 aromatic carbocycles. The Morgan fingerprint density at radius 1 is 0.808 bits per heavy atom. The van der Waals surface area contributed by atoms with Crippen molar-refractivity contribution in [2.75, 3.05) is 47.8 Å². The number of amides is 3. The van der Waals surface area contributed by atoms with E-state index in [4.69, 9.17) is 19.6 Å². The fraction of sp³-hybridized carbons (Fsp3) is 0.435. The fourth-order valence-electron chi connectivity index (χ4n) is 12.1. The number of hydrogen-bond acceptors (Lipinski definition) is 13. The molecule has 6 heterocycles. The lowest BCUT2D eigenvalue weighted by atomic mass is 9.81. The van der Waals surface area contributed by atoms with Crippen LogP contribution in [0, 0.1) is 12.8 Å². The van der Waals surface area contributed by atoms with Crippen LogP contribution in [0.3, 0.4) is 0 Å². The number of piperazine rings is 1. The first-order chi connectivity index (χ1) is 37.4. The Hall–Kier alpha value is -7.17. The van der Waals surface area contributed by atoms with E-state index < -0.39 is 17.5 Å². The third kappa shape index (κ3) is 11.1. The van der Waals surface area contributed by atoms with E-state index >= 15 is 0 Å². The summed E-state index contributed by atoms with van der Waals surface area (Å²) in [6.45, 7) is 17.4. The lowest BCUT2D eigenvalue weighted by Gasteiger charge is -2.45. The number of aryl methyl sites for hydroxylation is 1. The van der Waals surface area contributed by atoms with Crippen LogP contribution in [0.4, 0.5) is 16.6 Å². The average molecular weight is 1070 g/mol. The number of esters is 1. The Morgan fingerprint density at radius 2 is 1.59 bits per heavy atom. The highest BCUT2D eigenvalue weighted by molar-refractivity contribution is 7.22. The third-order valence-electron chi connectivity index (χ3n) is 16.6. The van der Waals surface area contributed by atoms with Gasteiger partial charge >= 0.3 is 5.97 Å². The molecule has 1 aliphatic carbocycles. The molecule has 0 bridgehead atoms. The quantitative estimate of drug-likeness (QED) is 0.0831. The van der Waals surface area contributed by atoms with Crippen LogP contribution in [0.25, 0.3) is 32.2 Å². The van der Waals surface area contributed by atoms with E-state index in [0.717, 1.165) is 119 Å². The summed E-state index contributed by atoms with van der Waals surface area (Å²) in [4.78, 5) is 69.4. The predicted molar refractivity (Wildman–Crippen MR) is 308 cm³/mol. The van der Waals surface area contributed by atoms with E-state index in [9.17, 15) is 19.2 Å². The summed E-state index contributed by atoms with van der Waals surface area (Å²) in [6.07, 6.45) is 8.19. The van der Waals surface area contributed by atoms with E-state index in [1.807, 2.05) is 99.2 Å². The minimum absolute atomic E-state index is 0.0741. The van der Waals surface area contributed by atoms with Gasteiger partial charge in [0.2, 0.25) is 11.8 Å². The van der Waals surface area contributed by atoms with Gasteiger partial charge in [-0.2, -0.15) is 5.10 Å². The van der Waals surface area contributed by atoms with Crippen molar-refractivity contribution in [3.63, 3.8) is 0 Å². The third-order valence-corrected chi connectivity index (χ3v) is 17.5. The highest BCUT2D eigenvalue weighted by Crippen LogP contribution is 2.39. The van der Waals surface area contributed by atoms with Crippen LogP contribution in [-0.2, 0) is 34.3 Å². The number of benzene rings is 4. The second kappa shape index (κ2) is 21.6. The molecule has 1 saturated carbocycles.